The van der Waals surface area contributed by atoms with E-state index in [-0.39, 0.29) is 6.04 Å². The summed E-state index contributed by atoms with van der Waals surface area (Å²) in [6.45, 7) is 9.36. The molecule has 2 aromatic rings. The Kier molecular flexibility index (Phi) is 3.04. The van der Waals surface area contributed by atoms with Crippen LogP contribution in [0.2, 0.25) is 0 Å². The highest BCUT2D eigenvalue weighted by Crippen LogP contribution is 2.34. The predicted octanol–water partition coefficient (Wildman–Crippen LogP) is 2.62. The summed E-state index contributed by atoms with van der Waals surface area (Å²) in [6, 6.07) is 6.44. The lowest BCUT2D eigenvalue weighted by atomic mass is 9.95. The van der Waals surface area contributed by atoms with E-state index in [1.165, 1.54) is 22.4 Å². The maximum atomic E-state index is 4.20. The molecular weight excluding hydrogens is 250 g/mol. The van der Waals surface area contributed by atoms with Gasteiger partial charge in [0, 0.05) is 12.2 Å². The second kappa shape index (κ2) is 4.74. The van der Waals surface area contributed by atoms with Gasteiger partial charge in [-0.05, 0) is 60.9 Å². The van der Waals surface area contributed by atoms with E-state index in [2.05, 4.69) is 72.4 Å². The van der Waals surface area contributed by atoms with Crippen molar-refractivity contribution in [3.63, 3.8) is 0 Å². The van der Waals surface area contributed by atoms with Gasteiger partial charge >= 0.3 is 0 Å². The Morgan fingerprint density at radius 2 is 1.85 bits per heavy atom. The van der Waals surface area contributed by atoms with E-state index >= 15 is 0 Å². The average molecular weight is 269 g/mol. The highest BCUT2D eigenvalue weighted by atomic mass is 15.6. The van der Waals surface area contributed by atoms with E-state index in [4.69, 9.17) is 0 Å². The van der Waals surface area contributed by atoms with Crippen molar-refractivity contribution in [2.75, 3.05) is 11.4 Å². The Hall–Kier alpha value is -2.17. The number of hydrogen-bond donors (Lipinski definition) is 0. The Labute approximate surface area is 118 Å². The summed E-state index contributed by atoms with van der Waals surface area (Å²) in [5.41, 5.74) is 5.02. The molecule has 0 N–H and O–H groups in total. The molecule has 0 radical (unpaired) electrons. The first-order valence-corrected chi connectivity index (χ1v) is 6.93. The van der Waals surface area contributed by atoms with Gasteiger partial charge in [-0.3, -0.25) is 0 Å². The summed E-state index contributed by atoms with van der Waals surface area (Å²) in [5, 5.41) is 12.2. The number of allylic oxidation sites excluding steroid dienone is 2. The zero-order chi connectivity index (χ0) is 14.3. The average Bonchev–Trinajstić information content (AvgIpc) is 2.87. The maximum absolute atomic E-state index is 4.20. The quantitative estimate of drug-likeness (QED) is 0.841. The zero-order valence-corrected chi connectivity index (χ0v) is 12.3. The van der Waals surface area contributed by atoms with Crippen LogP contribution in [0.3, 0.4) is 0 Å². The van der Waals surface area contributed by atoms with E-state index in [1.54, 1.807) is 0 Å². The minimum Gasteiger partial charge on any atom is -0.314 e. The minimum absolute atomic E-state index is 0.0731. The van der Waals surface area contributed by atoms with Crippen LogP contribution in [0.25, 0.3) is 0 Å². The fourth-order valence-electron chi connectivity index (χ4n) is 2.98. The number of tetrazole rings is 1. The van der Waals surface area contributed by atoms with Gasteiger partial charge in [-0.1, -0.05) is 23.3 Å². The van der Waals surface area contributed by atoms with Crippen molar-refractivity contribution in [2.24, 2.45) is 0 Å². The van der Waals surface area contributed by atoms with Gasteiger partial charge in [-0.25, -0.2) is 0 Å². The summed E-state index contributed by atoms with van der Waals surface area (Å²) in [7, 11) is 0. The normalized spacial score (nSPS) is 17.9. The second-order valence-corrected chi connectivity index (χ2v) is 5.23. The first-order chi connectivity index (χ1) is 9.63. The number of nitrogens with zero attached hydrogens (tertiary/aromatic N) is 5. The SMILES string of the molecule is CCN1C(C)=CC(c2c(C)cccc2C)n2nnnc21. The first kappa shape index (κ1) is 12.8. The maximum Gasteiger partial charge on any atom is 0.250 e. The first-order valence-electron chi connectivity index (χ1n) is 6.93. The molecule has 5 nitrogen and oxygen atoms in total. The van der Waals surface area contributed by atoms with Crippen LogP contribution in [-0.2, 0) is 0 Å². The van der Waals surface area contributed by atoms with E-state index in [0.29, 0.717) is 0 Å². The largest absolute Gasteiger partial charge is 0.314 e. The van der Waals surface area contributed by atoms with Crippen molar-refractivity contribution in [3.8, 4) is 0 Å². The molecule has 1 unspecified atom stereocenters. The summed E-state index contributed by atoms with van der Waals surface area (Å²) >= 11 is 0. The third-order valence-electron chi connectivity index (χ3n) is 3.96. The predicted molar refractivity (Wildman–Crippen MR) is 78.6 cm³/mol. The fraction of sp³-hybridized carbons (Fsp3) is 0.400. The van der Waals surface area contributed by atoms with E-state index in [1.807, 2.05) is 4.68 Å². The number of benzene rings is 1. The number of aromatic nitrogens is 4. The van der Waals surface area contributed by atoms with Crippen molar-refractivity contribution >= 4 is 5.95 Å². The summed E-state index contributed by atoms with van der Waals surface area (Å²) < 4.78 is 1.91. The molecule has 2 heterocycles. The van der Waals surface area contributed by atoms with Crippen molar-refractivity contribution in [3.05, 3.63) is 46.7 Å². The van der Waals surface area contributed by atoms with Crippen LogP contribution in [-0.4, -0.2) is 26.8 Å². The molecule has 3 rings (SSSR count). The smallest absolute Gasteiger partial charge is 0.250 e. The van der Waals surface area contributed by atoms with Crippen molar-refractivity contribution in [2.45, 2.75) is 33.7 Å². The van der Waals surface area contributed by atoms with Crippen molar-refractivity contribution in [1.29, 1.82) is 0 Å². The molecule has 1 atom stereocenters. The third-order valence-corrected chi connectivity index (χ3v) is 3.96. The van der Waals surface area contributed by atoms with Crippen molar-refractivity contribution in [1.82, 2.24) is 20.2 Å². The molecule has 1 aliphatic heterocycles. The van der Waals surface area contributed by atoms with Gasteiger partial charge in [-0.2, -0.15) is 4.68 Å². The minimum atomic E-state index is 0.0731. The Morgan fingerprint density at radius 3 is 2.50 bits per heavy atom. The van der Waals surface area contributed by atoms with Gasteiger partial charge in [0.25, 0.3) is 5.95 Å². The highest BCUT2D eigenvalue weighted by molar-refractivity contribution is 5.48. The van der Waals surface area contributed by atoms with Crippen LogP contribution in [0.4, 0.5) is 5.95 Å². The van der Waals surface area contributed by atoms with Crippen LogP contribution in [0, 0.1) is 13.8 Å². The third kappa shape index (κ3) is 1.81. The molecule has 104 valence electrons. The molecule has 0 spiro atoms. The van der Waals surface area contributed by atoms with Crippen molar-refractivity contribution < 1.29 is 0 Å². The Bertz CT molecular complexity index is 650. The number of fused-ring (bicyclic) bond motifs is 1. The molecule has 0 fully saturated rings. The molecule has 20 heavy (non-hydrogen) atoms. The second-order valence-electron chi connectivity index (χ2n) is 5.23. The zero-order valence-electron chi connectivity index (χ0n) is 12.3. The van der Waals surface area contributed by atoms with Crippen LogP contribution >= 0.6 is 0 Å². The molecule has 0 amide bonds. The lowest BCUT2D eigenvalue weighted by Crippen LogP contribution is -2.31. The van der Waals surface area contributed by atoms with Crippen LogP contribution in [0.15, 0.2) is 30.0 Å². The molecular formula is C15H19N5. The number of anilines is 1. The Morgan fingerprint density at radius 1 is 1.15 bits per heavy atom. The molecule has 1 aromatic heterocycles. The molecule has 1 aliphatic rings. The van der Waals surface area contributed by atoms with Gasteiger partial charge in [0.05, 0.1) is 0 Å². The van der Waals surface area contributed by atoms with E-state index < -0.39 is 0 Å². The van der Waals surface area contributed by atoms with Crippen LogP contribution in [0.5, 0.6) is 0 Å². The topological polar surface area (TPSA) is 46.8 Å². The molecule has 0 saturated heterocycles. The molecule has 1 aromatic carbocycles. The van der Waals surface area contributed by atoms with E-state index in [9.17, 15) is 0 Å². The van der Waals surface area contributed by atoms with Gasteiger partial charge < -0.3 is 4.90 Å². The van der Waals surface area contributed by atoms with Gasteiger partial charge in [0.1, 0.15) is 6.04 Å². The fourth-order valence-corrected chi connectivity index (χ4v) is 2.98. The van der Waals surface area contributed by atoms with Crippen LogP contribution in [0.1, 0.15) is 36.6 Å². The van der Waals surface area contributed by atoms with E-state index in [0.717, 1.165) is 12.5 Å². The number of hydrogen-bond acceptors (Lipinski definition) is 4. The molecule has 5 heteroatoms. The molecule has 0 aliphatic carbocycles. The molecule has 0 saturated carbocycles. The Balaban J connectivity index is 2.19. The number of rotatable bonds is 2. The number of aryl methyl sites for hydroxylation is 2. The van der Waals surface area contributed by atoms with Gasteiger partial charge in [0.2, 0.25) is 0 Å². The lowest BCUT2D eigenvalue weighted by Gasteiger charge is -2.31. The van der Waals surface area contributed by atoms with Crippen LogP contribution < -0.4 is 4.90 Å². The summed E-state index contributed by atoms with van der Waals surface area (Å²) in [4.78, 5) is 2.13. The van der Waals surface area contributed by atoms with Gasteiger partial charge in [-0.15, -0.1) is 0 Å². The lowest BCUT2D eigenvalue weighted by molar-refractivity contribution is 0.557. The monoisotopic (exact) mass is 269 g/mol. The highest BCUT2D eigenvalue weighted by Gasteiger charge is 2.28. The van der Waals surface area contributed by atoms with Gasteiger partial charge in [0.15, 0.2) is 0 Å². The standard InChI is InChI=1S/C15H19N5/c1-5-19-12(4)9-13(20-15(19)16-17-18-20)14-10(2)7-6-8-11(14)3/h6-9,13H,5H2,1-4H3. The summed E-state index contributed by atoms with van der Waals surface area (Å²) in [6.07, 6.45) is 2.24. The molecule has 0 bridgehead atoms. The summed E-state index contributed by atoms with van der Waals surface area (Å²) in [5.74, 6) is 0.820.